The Morgan fingerprint density at radius 3 is 2.60 bits per heavy atom. The maximum absolute atomic E-state index is 12.4. The fraction of sp³-hybridized carbons (Fsp3) is 0.562. The van der Waals surface area contributed by atoms with Crippen molar-refractivity contribution in [1.29, 1.82) is 0 Å². The monoisotopic (exact) mass is 314 g/mol. The molecular formula is C16H24ClO2P. The normalized spacial score (nSPS) is 13.7. The lowest BCUT2D eigenvalue weighted by Crippen LogP contribution is -2.13. The Balaban J connectivity index is 2.68. The summed E-state index contributed by atoms with van der Waals surface area (Å²) < 4.78 is 5.23. The van der Waals surface area contributed by atoms with Crippen LogP contribution in [0.15, 0.2) is 18.2 Å². The van der Waals surface area contributed by atoms with E-state index in [-0.39, 0.29) is 14.1 Å². The number of carbonyl (C=O) groups is 1. The second-order valence-corrected chi connectivity index (χ2v) is 8.02. The van der Waals surface area contributed by atoms with Crippen molar-refractivity contribution in [3.63, 3.8) is 0 Å². The molecule has 0 spiro atoms. The molecule has 1 aromatic carbocycles. The highest BCUT2D eigenvalue weighted by Crippen LogP contribution is 2.35. The molecule has 0 fully saturated rings. The van der Waals surface area contributed by atoms with Crippen LogP contribution >= 0.6 is 20.2 Å². The third-order valence-corrected chi connectivity index (χ3v) is 4.78. The summed E-state index contributed by atoms with van der Waals surface area (Å²) in [6.07, 6.45) is 2.03. The molecule has 0 saturated carbocycles. The second kappa shape index (κ2) is 7.43. The second-order valence-electron chi connectivity index (χ2n) is 6.40. The van der Waals surface area contributed by atoms with Crippen LogP contribution in [0.5, 0.6) is 5.75 Å². The van der Waals surface area contributed by atoms with E-state index in [2.05, 4.69) is 27.7 Å². The fourth-order valence-corrected chi connectivity index (χ4v) is 3.81. The van der Waals surface area contributed by atoms with E-state index in [4.69, 9.17) is 16.3 Å². The highest BCUT2D eigenvalue weighted by molar-refractivity contribution is 7.58. The maximum Gasteiger partial charge on any atom is 0.186 e. The van der Waals surface area contributed by atoms with Crippen LogP contribution in [0.1, 0.15) is 44.5 Å². The predicted molar refractivity (Wildman–Crippen MR) is 88.8 cm³/mol. The van der Waals surface area contributed by atoms with Crippen LogP contribution in [-0.4, -0.2) is 18.8 Å². The lowest BCUT2D eigenvalue weighted by atomic mass is 9.86. The van der Waals surface area contributed by atoms with Gasteiger partial charge in [-0.05, 0) is 44.6 Å². The third-order valence-electron chi connectivity index (χ3n) is 2.99. The molecule has 2 atom stereocenters. The van der Waals surface area contributed by atoms with Crippen LogP contribution in [-0.2, 0) is 0 Å². The number of carbonyl (C=O) groups excluding carboxylic acids is 1. The Hall–Kier alpha value is -0.590. The lowest BCUT2D eigenvalue weighted by molar-refractivity contribution is 0.108. The van der Waals surface area contributed by atoms with Crippen molar-refractivity contribution in [3.8, 4) is 5.75 Å². The number of benzene rings is 1. The minimum atomic E-state index is 0.0909. The molecule has 2 nitrogen and oxygen atoms in total. The van der Waals surface area contributed by atoms with Gasteiger partial charge in [-0.1, -0.05) is 45.4 Å². The molecule has 2 unspecified atom stereocenters. The van der Waals surface area contributed by atoms with Crippen LogP contribution in [0.2, 0.25) is 5.02 Å². The van der Waals surface area contributed by atoms with Gasteiger partial charge >= 0.3 is 0 Å². The molecule has 0 aliphatic rings. The van der Waals surface area contributed by atoms with Gasteiger partial charge in [0.15, 0.2) is 5.52 Å². The van der Waals surface area contributed by atoms with Crippen LogP contribution in [0, 0.1) is 11.3 Å². The maximum atomic E-state index is 12.4. The summed E-state index contributed by atoms with van der Waals surface area (Å²) in [4.78, 5) is 12.4. The van der Waals surface area contributed by atoms with Gasteiger partial charge in [0.1, 0.15) is 5.75 Å². The molecule has 0 heterocycles. The first-order valence-corrected chi connectivity index (χ1v) is 8.44. The van der Waals surface area contributed by atoms with Crippen LogP contribution in [0.25, 0.3) is 0 Å². The third kappa shape index (κ3) is 5.42. The standard InChI is InChI=1S/C16H24ClO2P/c1-11(9-16(2,3)4)10-20-15(18)14-12(17)7-6-8-13(14)19-5/h6-8,11,20H,9-10H2,1-5H3. The van der Waals surface area contributed by atoms with Gasteiger partial charge in [0.25, 0.3) is 0 Å². The molecule has 0 aromatic heterocycles. The molecule has 0 aliphatic heterocycles. The topological polar surface area (TPSA) is 26.3 Å². The summed E-state index contributed by atoms with van der Waals surface area (Å²) in [7, 11) is 1.81. The molecule has 0 saturated heterocycles. The van der Waals surface area contributed by atoms with E-state index in [1.807, 2.05) is 0 Å². The molecule has 4 heteroatoms. The highest BCUT2D eigenvalue weighted by Gasteiger charge is 2.19. The van der Waals surface area contributed by atoms with Gasteiger partial charge in [0, 0.05) is 0 Å². The summed E-state index contributed by atoms with van der Waals surface area (Å²) in [5, 5.41) is 0.477. The van der Waals surface area contributed by atoms with E-state index in [0.29, 0.717) is 27.7 Å². The summed E-state index contributed by atoms with van der Waals surface area (Å²) in [5.41, 5.74) is 0.917. The number of halogens is 1. The van der Waals surface area contributed by atoms with Gasteiger partial charge in [-0.25, -0.2) is 0 Å². The van der Waals surface area contributed by atoms with E-state index in [1.165, 1.54) is 0 Å². The Morgan fingerprint density at radius 1 is 1.40 bits per heavy atom. The number of rotatable bonds is 6. The van der Waals surface area contributed by atoms with E-state index >= 15 is 0 Å². The molecule has 0 amide bonds. The first kappa shape index (κ1) is 17.5. The van der Waals surface area contributed by atoms with Crippen molar-refractivity contribution in [2.75, 3.05) is 13.3 Å². The van der Waals surface area contributed by atoms with Crippen molar-refractivity contribution in [2.45, 2.75) is 34.1 Å². The fourth-order valence-electron chi connectivity index (χ4n) is 2.37. The Labute approximate surface area is 129 Å². The molecule has 0 aliphatic carbocycles. The number of hydrogen-bond acceptors (Lipinski definition) is 2. The minimum absolute atomic E-state index is 0.0909. The zero-order chi connectivity index (χ0) is 15.3. The smallest absolute Gasteiger partial charge is 0.186 e. The summed E-state index contributed by atoms with van der Waals surface area (Å²) in [6.45, 7) is 8.89. The van der Waals surface area contributed by atoms with Crippen LogP contribution in [0.4, 0.5) is 0 Å². The summed E-state index contributed by atoms with van der Waals surface area (Å²) in [6, 6.07) is 5.31. The highest BCUT2D eigenvalue weighted by atomic mass is 35.5. The van der Waals surface area contributed by atoms with Crippen LogP contribution in [0.3, 0.4) is 0 Å². The van der Waals surface area contributed by atoms with E-state index in [0.717, 1.165) is 12.6 Å². The average Bonchev–Trinajstić information content (AvgIpc) is 2.33. The molecular weight excluding hydrogens is 291 g/mol. The van der Waals surface area contributed by atoms with E-state index < -0.39 is 0 Å². The predicted octanol–water partition coefficient (Wildman–Crippen LogP) is 5.24. The first-order valence-electron chi connectivity index (χ1n) is 6.85. The Bertz CT molecular complexity index is 466. The van der Waals surface area contributed by atoms with Gasteiger partial charge in [0.2, 0.25) is 0 Å². The number of methoxy groups -OCH3 is 1. The van der Waals surface area contributed by atoms with Crippen molar-refractivity contribution in [3.05, 3.63) is 28.8 Å². The molecule has 0 bridgehead atoms. The number of hydrogen-bond donors (Lipinski definition) is 0. The SMILES string of the molecule is COc1cccc(Cl)c1C(=O)PCC(C)CC(C)(C)C. The number of ether oxygens (including phenoxy) is 1. The van der Waals surface area contributed by atoms with Gasteiger partial charge in [-0.15, -0.1) is 0 Å². The van der Waals surface area contributed by atoms with Crippen molar-refractivity contribution in [1.82, 2.24) is 0 Å². The Kier molecular flexibility index (Phi) is 6.48. The van der Waals surface area contributed by atoms with Crippen molar-refractivity contribution < 1.29 is 9.53 Å². The molecule has 20 heavy (non-hydrogen) atoms. The summed E-state index contributed by atoms with van der Waals surface area (Å²) in [5.74, 6) is 1.10. The molecule has 0 radical (unpaired) electrons. The zero-order valence-corrected chi connectivity index (χ0v) is 14.7. The molecule has 112 valence electrons. The van der Waals surface area contributed by atoms with Crippen molar-refractivity contribution in [2.24, 2.45) is 11.3 Å². The molecule has 1 rings (SSSR count). The quantitative estimate of drug-likeness (QED) is 0.671. The van der Waals surface area contributed by atoms with Gasteiger partial charge in [-0.2, -0.15) is 0 Å². The lowest BCUT2D eigenvalue weighted by Gasteiger charge is -2.23. The zero-order valence-electron chi connectivity index (χ0n) is 12.9. The molecule has 0 N–H and O–H groups in total. The van der Waals surface area contributed by atoms with Gasteiger partial charge < -0.3 is 4.74 Å². The Morgan fingerprint density at radius 2 is 2.05 bits per heavy atom. The van der Waals surface area contributed by atoms with E-state index in [1.54, 1.807) is 25.3 Å². The van der Waals surface area contributed by atoms with Gasteiger partial charge in [0.05, 0.1) is 17.7 Å². The summed E-state index contributed by atoms with van der Waals surface area (Å²) >= 11 is 6.13. The van der Waals surface area contributed by atoms with Gasteiger partial charge in [-0.3, -0.25) is 4.79 Å². The van der Waals surface area contributed by atoms with E-state index in [9.17, 15) is 4.79 Å². The molecule has 1 aromatic rings. The first-order chi connectivity index (χ1) is 9.24. The van der Waals surface area contributed by atoms with Crippen LogP contribution < -0.4 is 4.74 Å². The largest absolute Gasteiger partial charge is 0.496 e. The minimum Gasteiger partial charge on any atom is -0.496 e. The average molecular weight is 315 g/mol. The van der Waals surface area contributed by atoms with Crippen molar-refractivity contribution >= 4 is 25.7 Å².